The maximum absolute atomic E-state index is 13.1. The number of carbonyl (C=O) groups is 2. The number of benzene rings is 3. The van der Waals surface area contributed by atoms with Crippen molar-refractivity contribution in [2.75, 3.05) is 19.1 Å². The molecule has 0 unspecified atom stereocenters. The van der Waals surface area contributed by atoms with Gasteiger partial charge >= 0.3 is 0 Å². The number of carbonyl (C=O) groups excluding carboxylic acids is 2. The number of ketones is 1. The van der Waals surface area contributed by atoms with Crippen molar-refractivity contribution >= 4 is 39.1 Å². The van der Waals surface area contributed by atoms with Crippen LogP contribution in [0.5, 0.6) is 11.5 Å². The van der Waals surface area contributed by atoms with Gasteiger partial charge in [0.05, 0.1) is 25.8 Å². The summed E-state index contributed by atoms with van der Waals surface area (Å²) in [5.74, 6) is -0.455. The second kappa shape index (κ2) is 8.88. The van der Waals surface area contributed by atoms with Crippen molar-refractivity contribution in [2.24, 2.45) is 0 Å². The monoisotopic (exact) mass is 493 g/mol. The first-order chi connectivity index (χ1) is 15.4. The van der Waals surface area contributed by atoms with Crippen molar-refractivity contribution in [3.63, 3.8) is 0 Å². The van der Waals surface area contributed by atoms with E-state index in [1.165, 1.54) is 4.90 Å². The van der Waals surface area contributed by atoms with Gasteiger partial charge in [0.2, 0.25) is 0 Å². The minimum Gasteiger partial charge on any atom is -0.507 e. The molecule has 3 aromatic rings. The molecule has 1 saturated heterocycles. The van der Waals surface area contributed by atoms with E-state index >= 15 is 0 Å². The van der Waals surface area contributed by atoms with Crippen LogP contribution in [-0.2, 0) is 9.59 Å². The number of methoxy groups -OCH3 is 2. The maximum Gasteiger partial charge on any atom is 0.300 e. The molecule has 1 fully saturated rings. The number of rotatable bonds is 5. The van der Waals surface area contributed by atoms with Crippen LogP contribution in [0, 0.1) is 0 Å². The molecule has 0 aromatic heterocycles. The Kier molecular flexibility index (Phi) is 6.01. The first-order valence-electron chi connectivity index (χ1n) is 9.79. The molecule has 0 spiro atoms. The highest BCUT2D eigenvalue weighted by Gasteiger charge is 2.46. The number of hydrogen-bond acceptors (Lipinski definition) is 5. The van der Waals surface area contributed by atoms with E-state index in [0.717, 1.165) is 4.47 Å². The van der Waals surface area contributed by atoms with Gasteiger partial charge in [-0.05, 0) is 66.2 Å². The fourth-order valence-electron chi connectivity index (χ4n) is 3.71. The van der Waals surface area contributed by atoms with E-state index in [4.69, 9.17) is 9.47 Å². The topological polar surface area (TPSA) is 76.1 Å². The van der Waals surface area contributed by atoms with Crippen LogP contribution in [0.15, 0.2) is 82.8 Å². The molecule has 1 aliphatic rings. The number of hydrogen-bond donors (Lipinski definition) is 1. The second-order valence-corrected chi connectivity index (χ2v) is 8.06. The normalized spacial score (nSPS) is 17.5. The molecule has 162 valence electrons. The van der Waals surface area contributed by atoms with E-state index in [1.807, 2.05) is 24.3 Å². The highest BCUT2D eigenvalue weighted by Crippen LogP contribution is 2.42. The molecular formula is C25H20BrNO5. The lowest BCUT2D eigenvalue weighted by atomic mass is 9.95. The molecular weight excluding hydrogens is 474 g/mol. The van der Waals surface area contributed by atoms with Crippen molar-refractivity contribution in [2.45, 2.75) is 6.04 Å². The molecule has 6 nitrogen and oxygen atoms in total. The molecule has 0 bridgehead atoms. The van der Waals surface area contributed by atoms with Crippen molar-refractivity contribution in [3.8, 4) is 11.5 Å². The summed E-state index contributed by atoms with van der Waals surface area (Å²) in [5.41, 5.74) is 1.66. The lowest BCUT2D eigenvalue weighted by Crippen LogP contribution is -2.29. The largest absolute Gasteiger partial charge is 0.507 e. The van der Waals surface area contributed by atoms with Crippen molar-refractivity contribution in [1.82, 2.24) is 0 Å². The van der Waals surface area contributed by atoms with Gasteiger partial charge in [-0.2, -0.15) is 0 Å². The highest BCUT2D eigenvalue weighted by molar-refractivity contribution is 9.10. The molecule has 4 rings (SSSR count). The van der Waals surface area contributed by atoms with Crippen molar-refractivity contribution < 1.29 is 24.2 Å². The first-order valence-corrected chi connectivity index (χ1v) is 10.6. The Hall–Kier alpha value is -3.58. The molecule has 0 radical (unpaired) electrons. The molecule has 1 N–H and O–H groups in total. The molecule has 3 aromatic carbocycles. The third-order valence-corrected chi connectivity index (χ3v) is 5.87. The fraction of sp³-hybridized carbons (Fsp3) is 0.120. The van der Waals surface area contributed by atoms with Crippen LogP contribution in [0.3, 0.4) is 0 Å². The zero-order valence-electron chi connectivity index (χ0n) is 17.4. The van der Waals surface area contributed by atoms with Crippen LogP contribution in [0.1, 0.15) is 17.2 Å². The summed E-state index contributed by atoms with van der Waals surface area (Å²) in [4.78, 5) is 27.7. The van der Waals surface area contributed by atoms with E-state index in [-0.39, 0.29) is 11.3 Å². The Morgan fingerprint density at radius 2 is 1.38 bits per heavy atom. The predicted molar refractivity (Wildman–Crippen MR) is 125 cm³/mol. The average molecular weight is 494 g/mol. The van der Waals surface area contributed by atoms with E-state index < -0.39 is 17.7 Å². The lowest BCUT2D eigenvalue weighted by Gasteiger charge is -2.25. The van der Waals surface area contributed by atoms with Gasteiger partial charge < -0.3 is 14.6 Å². The number of anilines is 1. The van der Waals surface area contributed by atoms with E-state index in [9.17, 15) is 14.7 Å². The summed E-state index contributed by atoms with van der Waals surface area (Å²) in [7, 11) is 3.10. The lowest BCUT2D eigenvalue weighted by molar-refractivity contribution is -0.132. The van der Waals surface area contributed by atoms with Crippen LogP contribution >= 0.6 is 15.9 Å². The van der Waals surface area contributed by atoms with Gasteiger partial charge in [0, 0.05) is 15.7 Å². The first kappa shape index (κ1) is 21.6. The van der Waals surface area contributed by atoms with Gasteiger partial charge in [-0.15, -0.1) is 0 Å². The maximum atomic E-state index is 13.1. The van der Waals surface area contributed by atoms with E-state index in [0.29, 0.717) is 28.3 Å². The summed E-state index contributed by atoms with van der Waals surface area (Å²) in [6.07, 6.45) is 0. The van der Waals surface area contributed by atoms with Crippen LogP contribution in [0.25, 0.3) is 5.76 Å². The number of aliphatic hydroxyl groups is 1. The Morgan fingerprint density at radius 1 is 0.844 bits per heavy atom. The number of aliphatic hydroxyl groups excluding tert-OH is 1. The molecule has 0 saturated carbocycles. The second-order valence-electron chi connectivity index (χ2n) is 7.15. The zero-order valence-corrected chi connectivity index (χ0v) is 19.0. The van der Waals surface area contributed by atoms with E-state index in [2.05, 4.69) is 15.9 Å². The SMILES string of the molecule is COc1ccc(/C(O)=C2\C(=O)C(=O)N(c3ccc(OC)cc3)[C@@H]2c2ccc(Br)cc2)cc1. The third-order valence-electron chi connectivity index (χ3n) is 5.34. The Morgan fingerprint density at radius 3 is 1.91 bits per heavy atom. The third kappa shape index (κ3) is 3.87. The predicted octanol–water partition coefficient (Wildman–Crippen LogP) is 5.09. The van der Waals surface area contributed by atoms with Crippen LogP contribution in [0.4, 0.5) is 5.69 Å². The smallest absolute Gasteiger partial charge is 0.300 e. The Balaban J connectivity index is 1.89. The molecule has 1 heterocycles. The molecule has 1 aliphatic heterocycles. The molecule has 1 atom stereocenters. The molecule has 1 amide bonds. The van der Waals surface area contributed by atoms with Gasteiger partial charge in [0.25, 0.3) is 11.7 Å². The number of halogens is 1. The van der Waals surface area contributed by atoms with Crippen LogP contribution < -0.4 is 14.4 Å². The summed E-state index contributed by atoms with van der Waals surface area (Å²) in [5, 5.41) is 11.1. The van der Waals surface area contributed by atoms with Gasteiger partial charge in [0.15, 0.2) is 0 Å². The van der Waals surface area contributed by atoms with E-state index in [1.54, 1.807) is 62.8 Å². The van der Waals surface area contributed by atoms with Gasteiger partial charge in [-0.1, -0.05) is 28.1 Å². The minimum absolute atomic E-state index is 0.0262. The van der Waals surface area contributed by atoms with Gasteiger partial charge in [-0.25, -0.2) is 0 Å². The average Bonchev–Trinajstić information content (AvgIpc) is 3.09. The number of Topliss-reactive ketones (excluding diaryl/α,β-unsaturated/α-hetero) is 1. The molecule has 32 heavy (non-hydrogen) atoms. The Bertz CT molecular complexity index is 1180. The summed E-state index contributed by atoms with van der Waals surface area (Å²) < 4.78 is 11.2. The zero-order chi connectivity index (χ0) is 22.8. The number of amides is 1. The highest BCUT2D eigenvalue weighted by atomic mass is 79.9. The van der Waals surface area contributed by atoms with Crippen molar-refractivity contribution in [3.05, 3.63) is 94.0 Å². The summed E-state index contributed by atoms with van der Waals surface area (Å²) in [6, 6.07) is 20.0. The quantitative estimate of drug-likeness (QED) is 0.304. The van der Waals surface area contributed by atoms with Crippen LogP contribution in [0.2, 0.25) is 0 Å². The molecule has 7 heteroatoms. The Labute approximate surface area is 193 Å². The fourth-order valence-corrected chi connectivity index (χ4v) is 3.97. The number of nitrogens with zero attached hydrogens (tertiary/aromatic N) is 1. The van der Waals surface area contributed by atoms with Crippen molar-refractivity contribution in [1.29, 1.82) is 0 Å². The van der Waals surface area contributed by atoms with Gasteiger partial charge in [0.1, 0.15) is 17.3 Å². The number of ether oxygens (including phenoxy) is 2. The van der Waals surface area contributed by atoms with Crippen LogP contribution in [-0.4, -0.2) is 31.0 Å². The van der Waals surface area contributed by atoms with Gasteiger partial charge in [-0.3, -0.25) is 14.5 Å². The molecule has 0 aliphatic carbocycles. The summed E-state index contributed by atoms with van der Waals surface area (Å²) in [6.45, 7) is 0. The summed E-state index contributed by atoms with van der Waals surface area (Å²) >= 11 is 3.41. The standard InChI is InChI=1S/C25H20BrNO5/c1-31-19-11-5-16(6-12-19)23(28)21-22(15-3-7-17(26)8-4-15)27(25(30)24(21)29)18-9-13-20(32-2)14-10-18/h3-14,22,28H,1-2H3/b23-21+/t22-/m1/s1. The minimum atomic E-state index is -0.793.